The highest BCUT2D eigenvalue weighted by Crippen LogP contribution is 2.66. The average Bonchev–Trinajstić information content (AvgIpc) is 2.97. The smallest absolute Gasteiger partial charge is 0.228 e. The van der Waals surface area contributed by atoms with Crippen molar-refractivity contribution in [2.24, 2.45) is 10.8 Å². The number of amides is 1. The molecule has 2 N–H and O–H groups in total. The SMILES string of the molecule is CC1=Cc2nc(-c3n[nH]c4c3CCN(C(=O)C(C)(C)C)C4)[nH]c2C2CC12C. The highest BCUT2D eigenvalue weighted by Gasteiger charge is 2.55. The largest absolute Gasteiger partial charge is 0.340 e. The molecule has 5 rings (SSSR count). The standard InChI is InChI=1S/C21H27N5O/c1-11-8-14-17(13-9-21(11,13)5)23-18(22-14)16-12-6-7-26(10-15(12)24-25-16)19(27)20(2,3)4/h8,13H,6-7,9-10H2,1-5H3,(H,22,23)(H,24,25). The van der Waals surface area contributed by atoms with Crippen molar-refractivity contribution in [3.05, 3.63) is 28.2 Å². The Bertz CT molecular complexity index is 989. The number of allylic oxidation sites excluding steroid dienone is 1. The van der Waals surface area contributed by atoms with Gasteiger partial charge in [0, 0.05) is 29.1 Å². The Morgan fingerprint density at radius 2 is 2.15 bits per heavy atom. The zero-order valence-electron chi connectivity index (χ0n) is 16.7. The summed E-state index contributed by atoms with van der Waals surface area (Å²) in [5, 5.41) is 7.73. The number of imidazole rings is 1. The van der Waals surface area contributed by atoms with Crippen LogP contribution in [0.3, 0.4) is 0 Å². The summed E-state index contributed by atoms with van der Waals surface area (Å²) < 4.78 is 0. The molecule has 0 spiro atoms. The molecule has 1 amide bonds. The van der Waals surface area contributed by atoms with Gasteiger partial charge in [0.15, 0.2) is 5.82 Å². The third-order valence-corrected chi connectivity index (χ3v) is 6.69. The van der Waals surface area contributed by atoms with Crippen molar-refractivity contribution in [3.8, 4) is 11.5 Å². The van der Waals surface area contributed by atoms with E-state index in [0.29, 0.717) is 17.9 Å². The van der Waals surface area contributed by atoms with E-state index < -0.39 is 0 Å². The van der Waals surface area contributed by atoms with E-state index >= 15 is 0 Å². The molecule has 2 aromatic heterocycles. The van der Waals surface area contributed by atoms with Gasteiger partial charge < -0.3 is 9.88 Å². The number of nitrogens with one attached hydrogen (secondary N) is 2. The maximum absolute atomic E-state index is 12.6. The van der Waals surface area contributed by atoms with E-state index in [1.165, 1.54) is 23.3 Å². The molecular weight excluding hydrogens is 338 g/mol. The number of carbonyl (C=O) groups excluding carboxylic acids is 1. The second-order valence-corrected chi connectivity index (χ2v) is 9.64. The van der Waals surface area contributed by atoms with Crippen molar-refractivity contribution in [1.29, 1.82) is 0 Å². The van der Waals surface area contributed by atoms with Crippen LogP contribution in [0.25, 0.3) is 17.6 Å². The van der Waals surface area contributed by atoms with Crippen molar-refractivity contribution in [2.45, 2.75) is 59.9 Å². The van der Waals surface area contributed by atoms with Crippen LogP contribution in [-0.2, 0) is 17.8 Å². The van der Waals surface area contributed by atoms with E-state index in [9.17, 15) is 4.79 Å². The monoisotopic (exact) mass is 365 g/mol. The fraction of sp³-hybridized carbons (Fsp3) is 0.571. The van der Waals surface area contributed by atoms with Gasteiger partial charge in [0.25, 0.3) is 0 Å². The first kappa shape index (κ1) is 16.8. The van der Waals surface area contributed by atoms with Crippen LogP contribution in [0.1, 0.15) is 69.6 Å². The first-order chi connectivity index (χ1) is 12.7. The fourth-order valence-corrected chi connectivity index (χ4v) is 4.64. The van der Waals surface area contributed by atoms with E-state index in [4.69, 9.17) is 4.98 Å². The molecule has 2 aliphatic carbocycles. The van der Waals surface area contributed by atoms with E-state index in [2.05, 4.69) is 35.1 Å². The number of H-pyrrole nitrogens is 2. The Morgan fingerprint density at radius 3 is 2.89 bits per heavy atom. The molecule has 1 aliphatic heterocycles. The molecule has 142 valence electrons. The summed E-state index contributed by atoms with van der Waals surface area (Å²) in [6.45, 7) is 11.8. The van der Waals surface area contributed by atoms with Crippen LogP contribution in [0.4, 0.5) is 0 Å². The molecule has 1 fully saturated rings. The number of aromatic amines is 2. The van der Waals surface area contributed by atoms with Crippen LogP contribution in [0.2, 0.25) is 0 Å². The van der Waals surface area contributed by atoms with Crippen LogP contribution in [0, 0.1) is 10.8 Å². The summed E-state index contributed by atoms with van der Waals surface area (Å²) >= 11 is 0. The third-order valence-electron chi connectivity index (χ3n) is 6.69. The Hall–Kier alpha value is -2.37. The number of rotatable bonds is 1. The van der Waals surface area contributed by atoms with Crippen LogP contribution in [0.5, 0.6) is 0 Å². The second-order valence-electron chi connectivity index (χ2n) is 9.64. The molecule has 0 aromatic carbocycles. The molecule has 3 heterocycles. The van der Waals surface area contributed by atoms with Gasteiger partial charge in [-0.1, -0.05) is 33.3 Å². The number of carbonyl (C=O) groups is 1. The van der Waals surface area contributed by atoms with E-state index in [1.54, 1.807) is 0 Å². The van der Waals surface area contributed by atoms with Gasteiger partial charge in [-0.2, -0.15) is 5.10 Å². The normalized spacial score (nSPS) is 26.2. The Labute approximate surface area is 159 Å². The van der Waals surface area contributed by atoms with Gasteiger partial charge in [0.2, 0.25) is 5.91 Å². The number of hydrogen-bond acceptors (Lipinski definition) is 3. The van der Waals surface area contributed by atoms with Crippen LogP contribution >= 0.6 is 0 Å². The molecule has 2 aromatic rings. The molecular formula is C21H27N5O. The lowest BCUT2D eigenvalue weighted by atomic mass is 9.90. The number of aromatic nitrogens is 4. The summed E-state index contributed by atoms with van der Waals surface area (Å²) in [5.74, 6) is 1.60. The quantitative estimate of drug-likeness (QED) is 0.810. The topological polar surface area (TPSA) is 77.7 Å². The highest BCUT2D eigenvalue weighted by atomic mass is 16.2. The maximum Gasteiger partial charge on any atom is 0.228 e. The van der Waals surface area contributed by atoms with Crippen LogP contribution < -0.4 is 0 Å². The Morgan fingerprint density at radius 1 is 1.37 bits per heavy atom. The van der Waals surface area contributed by atoms with Crippen molar-refractivity contribution in [2.75, 3.05) is 6.54 Å². The first-order valence-electron chi connectivity index (χ1n) is 9.83. The molecule has 0 radical (unpaired) electrons. The lowest BCUT2D eigenvalue weighted by Gasteiger charge is -2.32. The lowest BCUT2D eigenvalue weighted by Crippen LogP contribution is -2.42. The number of fused-ring (bicyclic) bond motifs is 4. The molecule has 2 atom stereocenters. The van der Waals surface area contributed by atoms with Crippen molar-refractivity contribution < 1.29 is 4.79 Å². The Kier molecular flexibility index (Phi) is 3.18. The minimum atomic E-state index is -0.360. The molecule has 0 saturated heterocycles. The van der Waals surface area contributed by atoms with Gasteiger partial charge >= 0.3 is 0 Å². The minimum absolute atomic E-state index is 0.186. The molecule has 27 heavy (non-hydrogen) atoms. The summed E-state index contributed by atoms with van der Waals surface area (Å²) in [7, 11) is 0. The summed E-state index contributed by atoms with van der Waals surface area (Å²) in [4.78, 5) is 23.0. The molecule has 1 saturated carbocycles. The summed E-state index contributed by atoms with van der Waals surface area (Å²) in [6.07, 6.45) is 4.23. The van der Waals surface area contributed by atoms with Gasteiger partial charge in [0.1, 0.15) is 5.69 Å². The molecule has 6 heteroatoms. The van der Waals surface area contributed by atoms with Crippen LogP contribution in [0.15, 0.2) is 5.57 Å². The minimum Gasteiger partial charge on any atom is -0.340 e. The molecule has 6 nitrogen and oxygen atoms in total. The van der Waals surface area contributed by atoms with Gasteiger partial charge in [-0.3, -0.25) is 9.89 Å². The molecule has 0 bridgehead atoms. The number of nitrogens with zero attached hydrogens (tertiary/aromatic N) is 3. The highest BCUT2D eigenvalue weighted by molar-refractivity contribution is 5.82. The Balaban J connectivity index is 1.46. The predicted molar refractivity (Wildman–Crippen MR) is 104 cm³/mol. The third kappa shape index (κ3) is 2.35. The van der Waals surface area contributed by atoms with Gasteiger partial charge in [0.05, 0.1) is 17.9 Å². The zero-order chi connectivity index (χ0) is 19.1. The van der Waals surface area contributed by atoms with Gasteiger partial charge in [-0.25, -0.2) is 4.98 Å². The first-order valence-corrected chi connectivity index (χ1v) is 9.83. The summed E-state index contributed by atoms with van der Waals surface area (Å²) in [6, 6.07) is 0. The van der Waals surface area contributed by atoms with Crippen molar-refractivity contribution in [1.82, 2.24) is 25.1 Å². The molecule has 3 aliphatic rings. The van der Waals surface area contributed by atoms with Crippen molar-refractivity contribution >= 4 is 12.0 Å². The molecule has 2 unspecified atom stereocenters. The average molecular weight is 365 g/mol. The number of hydrogen-bond donors (Lipinski definition) is 2. The van der Waals surface area contributed by atoms with Crippen LogP contribution in [-0.4, -0.2) is 37.5 Å². The lowest BCUT2D eigenvalue weighted by molar-refractivity contribution is -0.140. The van der Waals surface area contributed by atoms with E-state index in [0.717, 1.165) is 35.9 Å². The van der Waals surface area contributed by atoms with Gasteiger partial charge in [-0.05, 0) is 31.3 Å². The maximum atomic E-state index is 12.6. The summed E-state index contributed by atoms with van der Waals surface area (Å²) in [5.41, 5.74) is 6.85. The second kappa shape index (κ2) is 5.12. The fourth-order valence-electron chi connectivity index (χ4n) is 4.64. The van der Waals surface area contributed by atoms with Crippen molar-refractivity contribution in [3.63, 3.8) is 0 Å². The van der Waals surface area contributed by atoms with E-state index in [-0.39, 0.29) is 11.3 Å². The van der Waals surface area contributed by atoms with E-state index in [1.807, 2.05) is 25.7 Å². The van der Waals surface area contributed by atoms with Gasteiger partial charge in [-0.15, -0.1) is 0 Å². The zero-order valence-corrected chi connectivity index (χ0v) is 16.7. The predicted octanol–water partition coefficient (Wildman–Crippen LogP) is 3.64.